The third-order valence-corrected chi connectivity index (χ3v) is 13.7. The molecule has 9 rings (SSSR count). The van der Waals surface area contributed by atoms with Crippen molar-refractivity contribution >= 4 is 93.4 Å². The molecule has 0 saturated carbocycles. The summed E-state index contributed by atoms with van der Waals surface area (Å²) in [6.45, 7) is -0.429. The average molecular weight is 996 g/mol. The number of imide groups is 2. The zero-order valence-corrected chi connectivity index (χ0v) is 44.6. The minimum atomic E-state index is -5.28. The molecule has 7 aromatic rings. The smallest absolute Gasteiger partial charge is 0.744 e. The topological polar surface area (TPSA) is 272 Å². The first-order valence-electron chi connectivity index (χ1n) is 19.2. The normalized spacial score (nSPS) is 13.7. The van der Waals surface area contributed by atoms with Crippen molar-refractivity contribution < 1.29 is 147 Å². The van der Waals surface area contributed by atoms with E-state index < -0.39 is 79.7 Å². The summed E-state index contributed by atoms with van der Waals surface area (Å²) in [5.74, 6) is -3.19. The van der Waals surface area contributed by atoms with Crippen LogP contribution in [0.15, 0.2) is 136 Å². The Hall–Kier alpha value is -4.39. The molecule has 22 heteroatoms. The Morgan fingerprint density at radius 1 is 0.471 bits per heavy atom. The van der Waals surface area contributed by atoms with Gasteiger partial charge in [0.2, 0.25) is 0 Å². The van der Waals surface area contributed by atoms with E-state index in [4.69, 9.17) is 5.73 Å². The predicted octanol–water partition coefficient (Wildman–Crippen LogP) is -3.27. The molecule has 4 amide bonds. The van der Waals surface area contributed by atoms with Gasteiger partial charge in [0, 0.05) is 32.8 Å². The second-order valence-corrected chi connectivity index (χ2v) is 19.4. The van der Waals surface area contributed by atoms with Crippen LogP contribution in [-0.4, -0.2) is 72.3 Å². The van der Waals surface area contributed by atoms with E-state index in [9.17, 15) is 58.1 Å². The Morgan fingerprint density at radius 2 is 0.882 bits per heavy atom. The Morgan fingerprint density at radius 3 is 1.37 bits per heavy atom. The van der Waals surface area contributed by atoms with Gasteiger partial charge in [-0.25, -0.2) is 25.3 Å². The van der Waals surface area contributed by atoms with Gasteiger partial charge in [-0.15, -0.1) is 0 Å². The van der Waals surface area contributed by atoms with E-state index >= 15 is 0 Å². The van der Waals surface area contributed by atoms with Gasteiger partial charge in [-0.3, -0.25) is 29.0 Å². The predicted molar refractivity (Wildman–Crippen MR) is 232 cm³/mol. The second kappa shape index (κ2) is 19.8. The van der Waals surface area contributed by atoms with Gasteiger partial charge in [-0.1, -0.05) is 97.1 Å². The van der Waals surface area contributed by atoms with Gasteiger partial charge in [0.1, 0.15) is 30.4 Å². The van der Waals surface area contributed by atoms with Crippen molar-refractivity contribution in [3.63, 3.8) is 0 Å². The average Bonchev–Trinajstić information content (AvgIpc) is 3.26. The van der Waals surface area contributed by atoms with Gasteiger partial charge in [0.05, 0.1) is 39.0 Å². The van der Waals surface area contributed by atoms with E-state index in [-0.39, 0.29) is 129 Å². The molecule has 68 heavy (non-hydrogen) atoms. The SMILES string of the molecule is Nc1c(S(=O)(=O)[O-])cc2c3c(cc(S(=O)(=O)[O-])cc13)C(=O)N(Cc1ccc(-c3ccc(/C=C/c4ccc(CN5C(=O)c6cccc7cc(S(=O)(=O)[O-])cc(c67)C5=O)cc4)cc3)cc1)C2=O.[Na+].[Na+].[Na+]. The zero-order chi connectivity index (χ0) is 46.3. The number of nitrogens with two attached hydrogens (primary N) is 1. The standard InChI is InChI=1S/C46H31N3O13S3.3Na/c47-42-35-19-33(64(57,58)59)21-37-41(35)38(22-39(42)65(60,61)62)46(53)49(45(37)52)24-28-12-16-30(17-13-28)29-14-10-26(11-15-29)5-4-25-6-8-27(9-7-25)23-48-43(50)34-3-1-2-31-18-32(63(54,55)56)20-36(40(31)34)44(48)51;;;/h1-22H,23-24,47H2,(H,54,55,56)(H,57,58,59)(H,60,61,62);;;/q;3*+1/p-3/b5-4+;;;. The fourth-order valence-corrected chi connectivity index (χ4v) is 9.75. The second-order valence-electron chi connectivity index (χ2n) is 15.3. The van der Waals surface area contributed by atoms with Gasteiger partial charge in [0.15, 0.2) is 0 Å². The van der Waals surface area contributed by atoms with Crippen LogP contribution in [0.2, 0.25) is 0 Å². The maximum absolute atomic E-state index is 13.7. The molecule has 2 aliphatic rings. The molecule has 0 aromatic heterocycles. The molecule has 0 fully saturated rings. The Labute approximate surface area is 455 Å². The molecule has 326 valence electrons. The third-order valence-electron chi connectivity index (χ3n) is 11.2. The first-order valence-corrected chi connectivity index (χ1v) is 23.4. The van der Waals surface area contributed by atoms with Crippen LogP contribution in [-0.2, 0) is 43.4 Å². The molecule has 0 unspecified atom stereocenters. The summed E-state index contributed by atoms with van der Waals surface area (Å²) < 4.78 is 108. The monoisotopic (exact) mass is 995 g/mol. The van der Waals surface area contributed by atoms with Crippen molar-refractivity contribution in [1.29, 1.82) is 0 Å². The molecule has 0 saturated heterocycles. The van der Waals surface area contributed by atoms with Gasteiger partial charge in [-0.05, 0) is 75.2 Å². The summed E-state index contributed by atoms with van der Waals surface area (Å²) in [5.41, 5.74) is 8.97. The summed E-state index contributed by atoms with van der Waals surface area (Å²) in [4.78, 5) is 53.6. The fourth-order valence-electron chi connectivity index (χ4n) is 8.05. The maximum Gasteiger partial charge on any atom is 1.00 e. The number of rotatable bonds is 10. The van der Waals surface area contributed by atoms with Crippen molar-refractivity contribution in [3.8, 4) is 11.1 Å². The Balaban J connectivity index is 0.00000254. The Bertz CT molecular complexity index is 3640. The van der Waals surface area contributed by atoms with E-state index in [1.807, 2.05) is 36.4 Å². The molecule has 0 spiro atoms. The quantitative estimate of drug-likeness (QED) is 0.0463. The number of nitrogens with zero attached hydrogens (tertiary/aromatic N) is 2. The van der Waals surface area contributed by atoms with E-state index in [1.54, 1.807) is 60.7 Å². The van der Waals surface area contributed by atoms with Crippen LogP contribution in [0.3, 0.4) is 0 Å². The molecule has 0 bridgehead atoms. The summed E-state index contributed by atoms with van der Waals surface area (Å²) in [7, 11) is -15.3. The van der Waals surface area contributed by atoms with Crippen LogP contribution < -0.4 is 94.4 Å². The summed E-state index contributed by atoms with van der Waals surface area (Å²) in [5, 5.41) is -0.00925. The molecule has 2 heterocycles. The molecule has 2 N–H and O–H groups in total. The first-order chi connectivity index (χ1) is 30.7. The number of amides is 4. The van der Waals surface area contributed by atoms with Gasteiger partial charge in [0.25, 0.3) is 23.6 Å². The number of nitrogen functional groups attached to an aromatic ring is 1. The van der Waals surface area contributed by atoms with Crippen molar-refractivity contribution in [1.82, 2.24) is 9.80 Å². The molecular weight excluding hydrogens is 968 g/mol. The van der Waals surface area contributed by atoms with Gasteiger partial charge >= 0.3 is 88.7 Å². The summed E-state index contributed by atoms with van der Waals surface area (Å²) in [6.07, 6.45) is 3.74. The molecule has 7 aromatic carbocycles. The minimum Gasteiger partial charge on any atom is -0.744 e. The maximum atomic E-state index is 13.7. The van der Waals surface area contributed by atoms with Crippen LogP contribution in [0.4, 0.5) is 5.69 Å². The van der Waals surface area contributed by atoms with Crippen LogP contribution in [0.5, 0.6) is 0 Å². The van der Waals surface area contributed by atoms with E-state index in [0.29, 0.717) is 21.9 Å². The summed E-state index contributed by atoms with van der Waals surface area (Å²) in [6, 6.07) is 30.5. The van der Waals surface area contributed by atoms with E-state index in [1.165, 1.54) is 6.07 Å². The largest absolute Gasteiger partial charge is 1.00 e. The molecular formula is C46H28N3Na3O13S3. The van der Waals surface area contributed by atoms with Gasteiger partial charge in [-0.2, -0.15) is 0 Å². The number of hydrogen-bond donors (Lipinski definition) is 1. The van der Waals surface area contributed by atoms with Crippen LogP contribution in [0.1, 0.15) is 63.7 Å². The number of anilines is 1. The number of hydrogen-bond acceptors (Lipinski definition) is 14. The van der Waals surface area contributed by atoms with Crippen LogP contribution in [0.25, 0.3) is 44.8 Å². The molecule has 0 aliphatic carbocycles. The van der Waals surface area contributed by atoms with Crippen LogP contribution in [0, 0.1) is 0 Å². The molecule has 2 aliphatic heterocycles. The van der Waals surface area contributed by atoms with Crippen molar-refractivity contribution in [2.24, 2.45) is 0 Å². The van der Waals surface area contributed by atoms with Crippen molar-refractivity contribution in [3.05, 3.63) is 166 Å². The van der Waals surface area contributed by atoms with E-state index in [2.05, 4.69) is 0 Å². The fraction of sp³-hybridized carbons (Fsp3) is 0.0435. The molecule has 0 radical (unpaired) electrons. The zero-order valence-electron chi connectivity index (χ0n) is 36.1. The molecule has 0 atom stereocenters. The Kier molecular flexibility index (Phi) is 15.4. The van der Waals surface area contributed by atoms with Gasteiger partial charge < -0.3 is 19.4 Å². The van der Waals surface area contributed by atoms with E-state index in [0.717, 1.165) is 62.4 Å². The van der Waals surface area contributed by atoms with Crippen LogP contribution >= 0.6 is 0 Å². The minimum absolute atomic E-state index is 0. The first kappa shape index (κ1) is 53.0. The summed E-state index contributed by atoms with van der Waals surface area (Å²) >= 11 is 0. The van der Waals surface area contributed by atoms with Crippen molar-refractivity contribution in [2.75, 3.05) is 5.73 Å². The number of carbonyl (C=O) groups is 4. The third kappa shape index (κ3) is 9.98. The number of benzene rings is 7. The molecule has 16 nitrogen and oxygen atoms in total. The number of carbonyl (C=O) groups excluding carboxylic acids is 4. The van der Waals surface area contributed by atoms with Crippen molar-refractivity contribution in [2.45, 2.75) is 27.8 Å².